The predicted octanol–water partition coefficient (Wildman–Crippen LogP) is 0.758. The Balaban J connectivity index is 1.65. The zero-order chi connectivity index (χ0) is 21.9. The summed E-state index contributed by atoms with van der Waals surface area (Å²) in [5.41, 5.74) is 0.221. The lowest BCUT2D eigenvalue weighted by Gasteiger charge is -2.29. The molecule has 0 bridgehead atoms. The average Bonchev–Trinajstić information content (AvgIpc) is 2.97. The number of amides is 1. The Morgan fingerprint density at radius 1 is 1.23 bits per heavy atom. The number of nitrogens with one attached hydrogen (secondary N) is 1. The number of carbonyl (C=O) groups is 1. The van der Waals surface area contributed by atoms with E-state index in [-0.39, 0.29) is 24.1 Å². The number of benzene rings is 1. The summed E-state index contributed by atoms with van der Waals surface area (Å²) in [4.78, 5) is 24.9. The van der Waals surface area contributed by atoms with Crippen molar-refractivity contribution in [3.63, 3.8) is 0 Å². The van der Waals surface area contributed by atoms with Crippen LogP contribution in [0.5, 0.6) is 5.75 Å². The lowest BCUT2D eigenvalue weighted by atomic mass is 9.97. The number of hydrogen-bond donors (Lipinski definition) is 1. The van der Waals surface area contributed by atoms with Gasteiger partial charge in [-0.25, -0.2) is 22.2 Å². The maximum atomic E-state index is 12.5. The first-order valence-corrected chi connectivity index (χ1v) is 11.7. The number of aromatic nitrogens is 3. The van der Waals surface area contributed by atoms with Gasteiger partial charge in [-0.15, -0.1) is 0 Å². The van der Waals surface area contributed by atoms with E-state index < -0.39 is 10.0 Å². The van der Waals surface area contributed by atoms with Gasteiger partial charge in [0.15, 0.2) is 0 Å². The Morgan fingerprint density at radius 3 is 2.43 bits per heavy atom. The molecule has 0 radical (unpaired) electrons. The molecule has 1 aromatic heterocycles. The number of sulfonamides is 1. The van der Waals surface area contributed by atoms with Crippen molar-refractivity contribution >= 4 is 21.6 Å². The molecule has 1 N–H and O–H groups in total. The van der Waals surface area contributed by atoms with E-state index in [0.717, 1.165) is 4.68 Å². The van der Waals surface area contributed by atoms with Gasteiger partial charge >= 0.3 is 5.69 Å². The molecule has 1 aliphatic rings. The molecule has 3 rings (SSSR count). The molecule has 11 heteroatoms. The van der Waals surface area contributed by atoms with Crippen LogP contribution in [0, 0.1) is 0 Å². The highest BCUT2D eigenvalue weighted by Crippen LogP contribution is 2.26. The maximum Gasteiger partial charge on any atom is 0.346 e. The summed E-state index contributed by atoms with van der Waals surface area (Å²) in [6.45, 7) is 3.03. The molecule has 0 aliphatic carbocycles. The third-order valence-corrected chi connectivity index (χ3v) is 6.41. The number of anilines is 1. The van der Waals surface area contributed by atoms with Gasteiger partial charge in [0, 0.05) is 31.7 Å². The van der Waals surface area contributed by atoms with E-state index in [9.17, 15) is 18.0 Å². The minimum Gasteiger partial charge on any atom is -0.494 e. The van der Waals surface area contributed by atoms with Gasteiger partial charge in [0.2, 0.25) is 15.9 Å². The molecular weight excluding hydrogens is 410 g/mol. The molecule has 30 heavy (non-hydrogen) atoms. The lowest BCUT2D eigenvalue weighted by molar-refractivity contribution is -0.117. The zero-order valence-corrected chi connectivity index (χ0v) is 18.2. The van der Waals surface area contributed by atoms with Gasteiger partial charge in [0.05, 0.1) is 12.9 Å². The monoisotopic (exact) mass is 437 g/mol. The van der Waals surface area contributed by atoms with Crippen LogP contribution in [-0.4, -0.2) is 58.9 Å². The van der Waals surface area contributed by atoms with E-state index in [1.807, 2.05) is 6.92 Å². The highest BCUT2D eigenvalue weighted by molar-refractivity contribution is 7.88. The standard InChI is InChI=1S/C19H27N5O5S/c1-4-29-16-7-5-15(6-8-16)20-17(25)13-24-19(26)22(2)18(21-24)14-9-11-23(12-10-14)30(3,27)28/h5-8,14H,4,9-13H2,1-3H3,(H,20,25). The van der Waals surface area contributed by atoms with Gasteiger partial charge in [0.25, 0.3) is 0 Å². The topological polar surface area (TPSA) is 116 Å². The first-order chi connectivity index (χ1) is 14.2. The number of rotatable bonds is 7. The minimum atomic E-state index is -3.22. The molecule has 0 atom stereocenters. The molecule has 164 valence electrons. The van der Waals surface area contributed by atoms with Crippen molar-refractivity contribution in [1.29, 1.82) is 0 Å². The molecule has 1 amide bonds. The van der Waals surface area contributed by atoms with Crippen molar-refractivity contribution in [2.45, 2.75) is 32.2 Å². The van der Waals surface area contributed by atoms with Gasteiger partial charge in [-0.1, -0.05) is 0 Å². The predicted molar refractivity (Wildman–Crippen MR) is 112 cm³/mol. The second kappa shape index (κ2) is 9.00. The van der Waals surface area contributed by atoms with E-state index in [4.69, 9.17) is 4.74 Å². The Hall–Kier alpha value is -2.66. The van der Waals surface area contributed by atoms with Crippen LogP contribution in [0.15, 0.2) is 29.1 Å². The number of nitrogens with zero attached hydrogens (tertiary/aromatic N) is 4. The van der Waals surface area contributed by atoms with E-state index in [1.54, 1.807) is 31.3 Å². The minimum absolute atomic E-state index is 0.0314. The molecule has 0 spiro atoms. The fraction of sp³-hybridized carbons (Fsp3) is 0.526. The van der Waals surface area contributed by atoms with Gasteiger partial charge in [-0.3, -0.25) is 9.36 Å². The fourth-order valence-corrected chi connectivity index (χ4v) is 4.42. The summed E-state index contributed by atoms with van der Waals surface area (Å²) >= 11 is 0. The Morgan fingerprint density at radius 2 is 1.87 bits per heavy atom. The molecule has 0 saturated carbocycles. The molecule has 2 aromatic rings. The first-order valence-electron chi connectivity index (χ1n) is 9.80. The van der Waals surface area contributed by atoms with Crippen molar-refractivity contribution in [2.75, 3.05) is 31.3 Å². The summed E-state index contributed by atoms with van der Waals surface area (Å²) in [7, 11) is -1.60. The van der Waals surface area contributed by atoms with E-state index in [2.05, 4.69) is 10.4 Å². The average molecular weight is 438 g/mol. The van der Waals surface area contributed by atoms with Crippen LogP contribution in [0.3, 0.4) is 0 Å². The van der Waals surface area contributed by atoms with E-state index in [1.165, 1.54) is 15.1 Å². The third-order valence-electron chi connectivity index (χ3n) is 5.11. The highest BCUT2D eigenvalue weighted by Gasteiger charge is 2.29. The van der Waals surface area contributed by atoms with Crippen molar-refractivity contribution in [3.8, 4) is 5.75 Å². The van der Waals surface area contributed by atoms with Crippen molar-refractivity contribution in [2.24, 2.45) is 7.05 Å². The first kappa shape index (κ1) is 22.0. The molecular formula is C19H27N5O5S. The van der Waals surface area contributed by atoms with Crippen LogP contribution >= 0.6 is 0 Å². The van der Waals surface area contributed by atoms with E-state index in [0.29, 0.717) is 49.8 Å². The molecule has 10 nitrogen and oxygen atoms in total. The fourth-order valence-electron chi connectivity index (χ4n) is 3.55. The number of hydrogen-bond acceptors (Lipinski definition) is 6. The summed E-state index contributed by atoms with van der Waals surface area (Å²) in [5, 5.41) is 7.10. The Labute approximate surface area is 175 Å². The van der Waals surface area contributed by atoms with Crippen LogP contribution in [0.2, 0.25) is 0 Å². The largest absolute Gasteiger partial charge is 0.494 e. The molecule has 1 saturated heterocycles. The zero-order valence-electron chi connectivity index (χ0n) is 17.4. The molecule has 1 aromatic carbocycles. The molecule has 1 aliphatic heterocycles. The molecule has 2 heterocycles. The third kappa shape index (κ3) is 5.08. The smallest absolute Gasteiger partial charge is 0.346 e. The quantitative estimate of drug-likeness (QED) is 0.684. The second-order valence-electron chi connectivity index (χ2n) is 7.30. The van der Waals surface area contributed by atoms with Crippen molar-refractivity contribution in [1.82, 2.24) is 18.7 Å². The van der Waals surface area contributed by atoms with Crippen LogP contribution < -0.4 is 15.7 Å². The highest BCUT2D eigenvalue weighted by atomic mass is 32.2. The van der Waals surface area contributed by atoms with E-state index >= 15 is 0 Å². The summed E-state index contributed by atoms with van der Waals surface area (Å²) in [5.74, 6) is 0.888. The molecule has 0 unspecified atom stereocenters. The summed E-state index contributed by atoms with van der Waals surface area (Å²) in [6, 6.07) is 6.97. The number of carbonyl (C=O) groups excluding carboxylic acids is 1. The second-order valence-corrected chi connectivity index (χ2v) is 9.28. The summed E-state index contributed by atoms with van der Waals surface area (Å²) < 4.78 is 32.7. The van der Waals surface area contributed by atoms with Gasteiger partial charge in [-0.05, 0) is 44.0 Å². The van der Waals surface area contributed by atoms with Gasteiger partial charge in [-0.2, -0.15) is 5.10 Å². The maximum absolute atomic E-state index is 12.5. The normalized spacial score (nSPS) is 15.8. The lowest BCUT2D eigenvalue weighted by Crippen LogP contribution is -2.37. The Bertz CT molecular complexity index is 1050. The number of piperidine rings is 1. The van der Waals surface area contributed by atoms with Crippen LogP contribution in [0.25, 0.3) is 0 Å². The molecule has 1 fully saturated rings. The number of ether oxygens (including phenoxy) is 1. The van der Waals surface area contributed by atoms with Crippen LogP contribution in [-0.2, 0) is 28.4 Å². The van der Waals surface area contributed by atoms with Crippen LogP contribution in [0.4, 0.5) is 5.69 Å². The SMILES string of the molecule is CCOc1ccc(NC(=O)Cn2nc(C3CCN(S(C)(=O)=O)CC3)n(C)c2=O)cc1. The van der Waals surface area contributed by atoms with Gasteiger partial charge < -0.3 is 10.1 Å². The van der Waals surface area contributed by atoms with Crippen LogP contribution in [0.1, 0.15) is 31.5 Å². The summed E-state index contributed by atoms with van der Waals surface area (Å²) in [6.07, 6.45) is 2.35. The van der Waals surface area contributed by atoms with Crippen molar-refractivity contribution in [3.05, 3.63) is 40.6 Å². The van der Waals surface area contributed by atoms with Gasteiger partial charge in [0.1, 0.15) is 18.1 Å². The van der Waals surface area contributed by atoms with Crippen molar-refractivity contribution < 1.29 is 17.9 Å². The Kier molecular flexibility index (Phi) is 6.61.